The lowest BCUT2D eigenvalue weighted by Gasteiger charge is -2.36. The highest BCUT2D eigenvalue weighted by atomic mass is 35.5. The Morgan fingerprint density at radius 2 is 1.73 bits per heavy atom. The van der Waals surface area contributed by atoms with E-state index in [0.717, 1.165) is 11.1 Å². The molecule has 1 unspecified atom stereocenters. The first kappa shape index (κ1) is 30.4. The van der Waals surface area contributed by atoms with E-state index in [2.05, 4.69) is 31.0 Å². The molecule has 2 amide bonds. The van der Waals surface area contributed by atoms with Gasteiger partial charge in [0, 0.05) is 49.6 Å². The molecule has 5 nitrogen and oxygen atoms in total. The number of hydrogen-bond acceptors (Lipinski definition) is 3. The van der Waals surface area contributed by atoms with E-state index in [1.807, 2.05) is 17.9 Å². The fourth-order valence-electron chi connectivity index (χ4n) is 6.38. The zero-order chi connectivity index (χ0) is 29.4. The average molecular weight is 574 g/mol. The van der Waals surface area contributed by atoms with Crippen LogP contribution < -0.4 is 5.32 Å². The molecule has 2 fully saturated rings. The largest absolute Gasteiger partial charge is 0.350 e. The number of carbonyl (C=O) groups is 2. The van der Waals surface area contributed by atoms with E-state index in [1.165, 1.54) is 13.0 Å². The second-order valence-corrected chi connectivity index (χ2v) is 12.9. The Labute approximate surface area is 242 Å². The van der Waals surface area contributed by atoms with Crippen LogP contribution in [0.2, 0.25) is 5.02 Å². The van der Waals surface area contributed by atoms with Gasteiger partial charge in [-0.05, 0) is 93.3 Å². The van der Waals surface area contributed by atoms with Crippen LogP contribution in [0.15, 0.2) is 30.3 Å². The lowest BCUT2D eigenvalue weighted by atomic mass is 9.82. The predicted octanol–water partition coefficient (Wildman–Crippen LogP) is 6.73. The van der Waals surface area contributed by atoms with Crippen molar-refractivity contribution in [2.24, 2.45) is 5.92 Å². The second-order valence-electron chi connectivity index (χ2n) is 12.4. The highest BCUT2D eigenvalue weighted by Gasteiger charge is 2.44. The maximum Gasteiger partial charge on any atom is 0.227 e. The predicted molar refractivity (Wildman–Crippen MR) is 156 cm³/mol. The molecule has 8 heteroatoms. The van der Waals surface area contributed by atoms with Crippen molar-refractivity contribution in [2.45, 2.75) is 84.2 Å². The molecule has 0 radical (unpaired) electrons. The molecule has 0 saturated carbocycles. The molecule has 2 aliphatic rings. The molecule has 1 N–H and O–H groups in total. The van der Waals surface area contributed by atoms with Gasteiger partial charge in [0.15, 0.2) is 0 Å². The van der Waals surface area contributed by atoms with E-state index >= 15 is 4.39 Å². The number of hydrogen-bond donors (Lipinski definition) is 1. The summed E-state index contributed by atoms with van der Waals surface area (Å²) in [6, 6.07) is 8.02. The first-order chi connectivity index (χ1) is 18.8. The molecule has 2 aromatic carbocycles. The molecule has 0 bridgehead atoms. The van der Waals surface area contributed by atoms with Crippen LogP contribution in [0.5, 0.6) is 0 Å². The molecule has 2 aliphatic heterocycles. The number of benzene rings is 2. The molecule has 2 aromatic rings. The van der Waals surface area contributed by atoms with Crippen LogP contribution in [0.1, 0.15) is 94.0 Å². The van der Waals surface area contributed by atoms with Crippen LogP contribution in [0, 0.1) is 24.5 Å². The standard InChI is InChI=1S/C32H42ClF2N3O2/c1-7-30(36-20(3)39)25-14-19(2)28(34)16-24(25)21-10-12-37(13-11-21)31(40)27-18-38(32(4,5)6)17-26(27)23-9-8-22(33)15-29(23)35/h8-9,14-16,21,26-27,30H,7,10-13,17-18H2,1-6H3,(H,36,39)/t26-,27?,30+/m0/s1. The van der Waals surface area contributed by atoms with E-state index in [-0.39, 0.29) is 52.8 Å². The van der Waals surface area contributed by atoms with Gasteiger partial charge in [-0.25, -0.2) is 8.78 Å². The lowest BCUT2D eigenvalue weighted by molar-refractivity contribution is -0.136. The minimum atomic E-state index is -0.372. The highest BCUT2D eigenvalue weighted by Crippen LogP contribution is 2.41. The van der Waals surface area contributed by atoms with Gasteiger partial charge in [-0.2, -0.15) is 0 Å². The van der Waals surface area contributed by atoms with Gasteiger partial charge in [0.1, 0.15) is 11.6 Å². The second kappa shape index (κ2) is 12.2. The molecule has 0 aliphatic carbocycles. The Morgan fingerprint density at radius 3 is 2.30 bits per heavy atom. The molecule has 2 heterocycles. The van der Waals surface area contributed by atoms with Crippen LogP contribution in [-0.2, 0) is 9.59 Å². The number of halogens is 3. The maximum atomic E-state index is 15.0. The van der Waals surface area contributed by atoms with Crippen LogP contribution in [0.25, 0.3) is 0 Å². The fourth-order valence-corrected chi connectivity index (χ4v) is 6.54. The Morgan fingerprint density at radius 1 is 1.05 bits per heavy atom. The van der Waals surface area contributed by atoms with Crippen LogP contribution in [0.4, 0.5) is 8.78 Å². The van der Waals surface area contributed by atoms with Gasteiger partial charge in [-0.15, -0.1) is 0 Å². The van der Waals surface area contributed by atoms with Gasteiger partial charge in [0.05, 0.1) is 12.0 Å². The fraction of sp³-hybridized carbons (Fsp3) is 0.562. The number of nitrogens with one attached hydrogen (secondary N) is 1. The third-order valence-corrected chi connectivity index (χ3v) is 8.95. The topological polar surface area (TPSA) is 52.7 Å². The summed E-state index contributed by atoms with van der Waals surface area (Å²) in [6.45, 7) is 13.9. The molecule has 4 rings (SSSR count). The van der Waals surface area contributed by atoms with Crippen molar-refractivity contribution < 1.29 is 18.4 Å². The van der Waals surface area contributed by atoms with Crippen molar-refractivity contribution in [1.82, 2.24) is 15.1 Å². The highest BCUT2D eigenvalue weighted by molar-refractivity contribution is 6.30. The summed E-state index contributed by atoms with van der Waals surface area (Å²) in [6.07, 6.45) is 2.10. The van der Waals surface area contributed by atoms with Crippen molar-refractivity contribution in [3.05, 3.63) is 69.2 Å². The first-order valence-corrected chi connectivity index (χ1v) is 14.7. The third-order valence-electron chi connectivity index (χ3n) is 8.72. The minimum absolute atomic E-state index is 0.0459. The third kappa shape index (κ3) is 6.52. The number of aryl methyl sites for hydroxylation is 1. The smallest absolute Gasteiger partial charge is 0.227 e. The molecule has 218 valence electrons. The van der Waals surface area contributed by atoms with Gasteiger partial charge >= 0.3 is 0 Å². The van der Waals surface area contributed by atoms with Crippen LogP contribution in [0.3, 0.4) is 0 Å². The van der Waals surface area contributed by atoms with Crippen molar-refractivity contribution in [3.8, 4) is 0 Å². The van der Waals surface area contributed by atoms with E-state index < -0.39 is 0 Å². The SMILES string of the molecule is CC[C@@H](NC(C)=O)c1cc(C)c(F)cc1C1CCN(C(=O)C2CN(C(C)(C)C)C[C@H]2c2ccc(Cl)cc2F)CC1. The summed E-state index contributed by atoms with van der Waals surface area (Å²) in [5.41, 5.74) is 2.81. The Bertz CT molecular complexity index is 1250. The number of carbonyl (C=O) groups excluding carboxylic acids is 2. The van der Waals surface area contributed by atoms with Crippen LogP contribution in [-0.4, -0.2) is 53.3 Å². The monoisotopic (exact) mass is 573 g/mol. The summed E-state index contributed by atoms with van der Waals surface area (Å²) >= 11 is 6.02. The van der Waals surface area contributed by atoms with E-state index in [0.29, 0.717) is 61.6 Å². The first-order valence-electron chi connectivity index (χ1n) is 14.4. The van der Waals surface area contributed by atoms with Gasteiger partial charge < -0.3 is 10.2 Å². The quantitative estimate of drug-likeness (QED) is 0.417. The molecule has 0 aromatic heterocycles. The summed E-state index contributed by atoms with van der Waals surface area (Å²) in [7, 11) is 0. The summed E-state index contributed by atoms with van der Waals surface area (Å²) in [4.78, 5) is 30.0. The molecule has 0 spiro atoms. The van der Waals surface area contributed by atoms with Crippen molar-refractivity contribution in [2.75, 3.05) is 26.2 Å². The van der Waals surface area contributed by atoms with E-state index in [4.69, 9.17) is 11.6 Å². The number of nitrogens with zero attached hydrogens (tertiary/aromatic N) is 2. The number of piperidine rings is 1. The summed E-state index contributed by atoms with van der Waals surface area (Å²) < 4.78 is 29.8. The Balaban J connectivity index is 1.55. The van der Waals surface area contributed by atoms with Gasteiger partial charge in [-0.3, -0.25) is 14.5 Å². The molecule has 40 heavy (non-hydrogen) atoms. The zero-order valence-corrected chi connectivity index (χ0v) is 25.2. The molecule has 2 saturated heterocycles. The Hall–Kier alpha value is -2.51. The van der Waals surface area contributed by atoms with E-state index in [1.54, 1.807) is 25.1 Å². The van der Waals surface area contributed by atoms with Crippen molar-refractivity contribution in [3.63, 3.8) is 0 Å². The van der Waals surface area contributed by atoms with Crippen LogP contribution >= 0.6 is 11.6 Å². The van der Waals surface area contributed by atoms with Crippen molar-refractivity contribution in [1.29, 1.82) is 0 Å². The maximum absolute atomic E-state index is 15.0. The van der Waals surface area contributed by atoms with Gasteiger partial charge in [-0.1, -0.05) is 30.7 Å². The zero-order valence-electron chi connectivity index (χ0n) is 24.5. The normalized spacial score (nSPS) is 21.5. The lowest BCUT2D eigenvalue weighted by Crippen LogP contribution is -2.44. The van der Waals surface area contributed by atoms with Gasteiger partial charge in [0.25, 0.3) is 0 Å². The summed E-state index contributed by atoms with van der Waals surface area (Å²) in [5.74, 6) is -1.24. The number of rotatable bonds is 6. The molecule has 3 atom stereocenters. The molecular formula is C32H42ClF2N3O2. The average Bonchev–Trinajstić information content (AvgIpc) is 3.34. The molecular weight excluding hydrogens is 532 g/mol. The Kier molecular flexibility index (Phi) is 9.25. The minimum Gasteiger partial charge on any atom is -0.350 e. The summed E-state index contributed by atoms with van der Waals surface area (Å²) in [5, 5.41) is 3.35. The van der Waals surface area contributed by atoms with Gasteiger partial charge in [0.2, 0.25) is 11.8 Å². The number of amides is 2. The number of likely N-dealkylation sites (tertiary alicyclic amines) is 2. The van der Waals surface area contributed by atoms with Crippen molar-refractivity contribution >= 4 is 23.4 Å². The van der Waals surface area contributed by atoms with E-state index in [9.17, 15) is 14.0 Å².